The topological polar surface area (TPSA) is 94.4 Å². The Morgan fingerprint density at radius 3 is 1.64 bits per heavy atom. The number of nitriles is 2. The Balaban J connectivity index is 1.20. The summed E-state index contributed by atoms with van der Waals surface area (Å²) in [7, 11) is 0. The normalized spacial score (nSPS) is 11.9. The Morgan fingerprint density at radius 1 is 0.455 bits per heavy atom. The highest BCUT2D eigenvalue weighted by molar-refractivity contribution is 7.99. The van der Waals surface area contributed by atoms with Gasteiger partial charge in [-0.3, -0.25) is 0 Å². The summed E-state index contributed by atoms with van der Waals surface area (Å²) in [4.78, 5) is 19.1. The molecule has 0 saturated carbocycles. The molecule has 0 bridgehead atoms. The SMILES string of the molecule is N#Cc1cc(-c2nc(-c3ccccc3)nc(-c3ccccc3)n2)cc(C#N)c1-n1c2ccccc2c2cc3c(cc21)Sc1ccccc1N3c1ccccc1. The molecule has 0 amide bonds. The molecular weight excluding hydrogens is 695 g/mol. The van der Waals surface area contributed by atoms with Crippen LogP contribution < -0.4 is 4.90 Å². The van der Waals surface area contributed by atoms with Crippen LogP contribution in [0.2, 0.25) is 0 Å². The predicted octanol–water partition coefficient (Wildman–Crippen LogP) is 11.6. The van der Waals surface area contributed by atoms with Crippen LogP contribution in [0.5, 0.6) is 0 Å². The van der Waals surface area contributed by atoms with Crippen LogP contribution in [0.25, 0.3) is 61.7 Å². The smallest absolute Gasteiger partial charge is 0.164 e. The third-order valence-corrected chi connectivity index (χ3v) is 11.0. The molecule has 2 aromatic heterocycles. The summed E-state index contributed by atoms with van der Waals surface area (Å²) in [5, 5.41) is 23.7. The van der Waals surface area contributed by atoms with Crippen molar-refractivity contribution in [1.82, 2.24) is 19.5 Å². The lowest BCUT2D eigenvalue weighted by Crippen LogP contribution is -2.14. The number of para-hydroxylation sites is 3. The standard InChI is InChI=1S/C47H27N7S/c48-28-33-24-32(47-51-45(30-14-4-1-5-15-30)50-46(52-47)31-16-6-2-7-17-31)25-34(29-49)44(33)54-38-21-11-10-20-36(38)37-26-41-43(27-40(37)54)55-42-23-13-12-22-39(42)53(41)35-18-8-3-9-19-35/h1-27H. The van der Waals surface area contributed by atoms with Crippen LogP contribution in [-0.2, 0) is 0 Å². The number of hydrogen-bond acceptors (Lipinski definition) is 7. The van der Waals surface area contributed by atoms with Crippen LogP contribution in [0, 0.1) is 22.7 Å². The molecule has 7 nitrogen and oxygen atoms in total. The first-order valence-electron chi connectivity index (χ1n) is 17.7. The zero-order chi connectivity index (χ0) is 36.9. The first kappa shape index (κ1) is 32.2. The molecule has 0 N–H and O–H groups in total. The molecule has 9 aromatic rings. The van der Waals surface area contributed by atoms with Crippen LogP contribution >= 0.6 is 11.8 Å². The molecule has 3 heterocycles. The molecular formula is C47H27N7S. The molecule has 0 fully saturated rings. The van der Waals surface area contributed by atoms with E-state index < -0.39 is 0 Å². The second kappa shape index (κ2) is 13.2. The van der Waals surface area contributed by atoms with Gasteiger partial charge in [-0.1, -0.05) is 121 Å². The third-order valence-electron chi connectivity index (χ3n) is 9.87. The average molecular weight is 722 g/mol. The largest absolute Gasteiger partial charge is 0.308 e. The van der Waals surface area contributed by atoms with Crippen molar-refractivity contribution in [3.8, 4) is 52.0 Å². The van der Waals surface area contributed by atoms with Gasteiger partial charge in [0.25, 0.3) is 0 Å². The van der Waals surface area contributed by atoms with Crippen LogP contribution in [0.3, 0.4) is 0 Å². The molecule has 8 heteroatoms. The molecule has 1 aliphatic heterocycles. The van der Waals surface area contributed by atoms with Crippen molar-refractivity contribution in [2.75, 3.05) is 4.90 Å². The number of fused-ring (bicyclic) bond motifs is 5. The van der Waals surface area contributed by atoms with Crippen molar-refractivity contribution in [3.63, 3.8) is 0 Å². The fourth-order valence-electron chi connectivity index (χ4n) is 7.43. The lowest BCUT2D eigenvalue weighted by atomic mass is 10.0. The van der Waals surface area contributed by atoms with Gasteiger partial charge >= 0.3 is 0 Å². The highest BCUT2D eigenvalue weighted by Gasteiger charge is 2.28. The second-order valence-corrected chi connectivity index (χ2v) is 14.2. The Morgan fingerprint density at radius 2 is 1.00 bits per heavy atom. The van der Waals surface area contributed by atoms with Gasteiger partial charge < -0.3 is 9.47 Å². The molecule has 10 rings (SSSR count). The highest BCUT2D eigenvalue weighted by Crippen LogP contribution is 2.53. The number of rotatable bonds is 5. The maximum atomic E-state index is 10.8. The van der Waals surface area contributed by atoms with Crippen molar-refractivity contribution >= 4 is 50.6 Å². The van der Waals surface area contributed by atoms with Gasteiger partial charge in [0.15, 0.2) is 17.5 Å². The van der Waals surface area contributed by atoms with Gasteiger partial charge in [-0.05, 0) is 54.6 Å². The van der Waals surface area contributed by atoms with Gasteiger partial charge in [0.05, 0.1) is 39.2 Å². The van der Waals surface area contributed by atoms with Gasteiger partial charge in [0, 0.05) is 42.9 Å². The van der Waals surface area contributed by atoms with E-state index >= 15 is 0 Å². The van der Waals surface area contributed by atoms with Gasteiger partial charge in [0.2, 0.25) is 0 Å². The van der Waals surface area contributed by atoms with E-state index in [0.717, 1.165) is 59.8 Å². The maximum Gasteiger partial charge on any atom is 0.164 e. The van der Waals surface area contributed by atoms with Crippen LogP contribution in [0.15, 0.2) is 174 Å². The summed E-state index contributed by atoms with van der Waals surface area (Å²) < 4.78 is 2.07. The van der Waals surface area contributed by atoms with E-state index in [1.165, 1.54) is 0 Å². The number of aromatic nitrogens is 4. The molecule has 55 heavy (non-hydrogen) atoms. The van der Waals surface area contributed by atoms with E-state index in [-0.39, 0.29) is 0 Å². The Hall–Kier alpha value is -7.52. The van der Waals surface area contributed by atoms with E-state index in [9.17, 15) is 10.5 Å². The van der Waals surface area contributed by atoms with Crippen molar-refractivity contribution in [2.24, 2.45) is 0 Å². The molecule has 7 aromatic carbocycles. The average Bonchev–Trinajstić information content (AvgIpc) is 3.57. The van der Waals surface area contributed by atoms with Crippen LogP contribution in [-0.4, -0.2) is 19.5 Å². The fourth-order valence-corrected chi connectivity index (χ4v) is 8.50. The zero-order valence-electron chi connectivity index (χ0n) is 29.1. The summed E-state index contributed by atoms with van der Waals surface area (Å²) in [6, 6.07) is 59.4. The monoisotopic (exact) mass is 721 g/mol. The summed E-state index contributed by atoms with van der Waals surface area (Å²) in [6.07, 6.45) is 0. The second-order valence-electron chi connectivity index (χ2n) is 13.1. The minimum atomic E-state index is 0.335. The maximum absolute atomic E-state index is 10.8. The third kappa shape index (κ3) is 5.40. The van der Waals surface area contributed by atoms with Gasteiger partial charge in [-0.25, -0.2) is 15.0 Å². The number of benzene rings is 7. The number of nitrogens with zero attached hydrogens (tertiary/aromatic N) is 7. The van der Waals surface area contributed by atoms with Crippen LogP contribution in [0.1, 0.15) is 11.1 Å². The van der Waals surface area contributed by atoms with E-state index in [1.54, 1.807) is 23.9 Å². The molecule has 0 saturated heterocycles. The van der Waals surface area contributed by atoms with Gasteiger partial charge in [-0.15, -0.1) is 0 Å². The van der Waals surface area contributed by atoms with E-state index in [2.05, 4.69) is 88.3 Å². The summed E-state index contributed by atoms with van der Waals surface area (Å²) in [5.74, 6) is 1.38. The fraction of sp³-hybridized carbons (Fsp3) is 0. The molecule has 0 spiro atoms. The van der Waals surface area contributed by atoms with Crippen LogP contribution in [0.4, 0.5) is 17.1 Å². The van der Waals surface area contributed by atoms with Crippen molar-refractivity contribution < 1.29 is 0 Å². The minimum Gasteiger partial charge on any atom is -0.308 e. The quantitative estimate of drug-likeness (QED) is 0.175. The summed E-state index contributed by atoms with van der Waals surface area (Å²) >= 11 is 1.72. The molecule has 1 aliphatic rings. The molecule has 0 atom stereocenters. The first-order chi connectivity index (χ1) is 27.2. The first-order valence-corrected chi connectivity index (χ1v) is 18.6. The Kier molecular flexibility index (Phi) is 7.69. The van der Waals surface area contributed by atoms with Crippen molar-refractivity contribution in [2.45, 2.75) is 9.79 Å². The summed E-state index contributed by atoms with van der Waals surface area (Å²) in [6.45, 7) is 0. The minimum absolute atomic E-state index is 0.335. The van der Waals surface area contributed by atoms with Gasteiger partial charge in [-0.2, -0.15) is 10.5 Å². The lowest BCUT2D eigenvalue weighted by Gasteiger charge is -2.33. The molecule has 0 aliphatic carbocycles. The van der Waals surface area contributed by atoms with E-state index in [0.29, 0.717) is 39.9 Å². The molecule has 0 unspecified atom stereocenters. The number of hydrogen-bond donors (Lipinski definition) is 0. The lowest BCUT2D eigenvalue weighted by molar-refractivity contribution is 1.07. The molecule has 256 valence electrons. The van der Waals surface area contributed by atoms with Crippen molar-refractivity contribution in [1.29, 1.82) is 10.5 Å². The molecule has 0 radical (unpaired) electrons. The predicted molar refractivity (Wildman–Crippen MR) is 219 cm³/mol. The van der Waals surface area contributed by atoms with E-state index in [4.69, 9.17) is 15.0 Å². The highest BCUT2D eigenvalue weighted by atomic mass is 32.2. The zero-order valence-corrected chi connectivity index (χ0v) is 29.9. The summed E-state index contributed by atoms with van der Waals surface area (Å²) in [5.41, 5.74) is 8.46. The van der Waals surface area contributed by atoms with Gasteiger partial charge in [0.1, 0.15) is 12.1 Å². The Bertz CT molecular complexity index is 2940. The Labute approximate surface area is 321 Å². The number of anilines is 3. The van der Waals surface area contributed by atoms with Crippen molar-refractivity contribution in [3.05, 3.63) is 175 Å². The van der Waals surface area contributed by atoms with E-state index in [1.807, 2.05) is 84.9 Å².